The van der Waals surface area contributed by atoms with Gasteiger partial charge in [0.2, 0.25) is 0 Å². The summed E-state index contributed by atoms with van der Waals surface area (Å²) in [7, 11) is -3.43. The normalized spacial score (nSPS) is 11.9. The first-order chi connectivity index (χ1) is 22.8. The number of carbonyl (C=O) groups is 1. The van der Waals surface area contributed by atoms with Gasteiger partial charge in [-0.1, -0.05) is 6.92 Å². The van der Waals surface area contributed by atoms with E-state index < -0.39 is 10.1 Å². The Labute approximate surface area is 291 Å². The van der Waals surface area contributed by atoms with E-state index in [1.165, 1.54) is 6.20 Å². The Morgan fingerprint density at radius 3 is 1.72 bits per heavy atom. The van der Waals surface area contributed by atoms with Crippen LogP contribution in [0.5, 0.6) is 0 Å². The minimum absolute atomic E-state index is 0.00600. The van der Waals surface area contributed by atoms with Gasteiger partial charge in [-0.15, -0.1) is 0 Å². The Balaban J connectivity index is 1.30. The number of amides is 1. The summed E-state index contributed by atoms with van der Waals surface area (Å²) in [5, 5.41) is 2.92. The Morgan fingerprint density at radius 2 is 1.23 bits per heavy atom. The lowest BCUT2D eigenvalue weighted by Gasteiger charge is -2.20. The van der Waals surface area contributed by atoms with E-state index in [-0.39, 0.29) is 19.1 Å². The average molecular weight is 801 g/mol. The molecule has 0 atom stereocenters. The van der Waals surface area contributed by atoms with Gasteiger partial charge in [0.05, 0.1) is 123 Å². The number of nitrogens with one attached hydrogen (secondary N) is 1. The van der Waals surface area contributed by atoms with Crippen molar-refractivity contribution in [2.75, 3.05) is 132 Å². The van der Waals surface area contributed by atoms with E-state index in [1.54, 1.807) is 0 Å². The highest BCUT2D eigenvalue weighted by atomic mass is 127. The van der Waals surface area contributed by atoms with Gasteiger partial charge in [-0.2, -0.15) is 8.42 Å². The molecule has 0 spiro atoms. The minimum Gasteiger partial charge on any atom is -0.378 e. The first-order valence-corrected chi connectivity index (χ1v) is 18.5. The van der Waals surface area contributed by atoms with E-state index in [9.17, 15) is 13.2 Å². The van der Waals surface area contributed by atoms with Gasteiger partial charge in [0, 0.05) is 23.2 Å². The molecule has 17 heteroatoms. The van der Waals surface area contributed by atoms with Crippen LogP contribution >= 0.6 is 22.6 Å². The van der Waals surface area contributed by atoms with Crippen LogP contribution in [0.4, 0.5) is 0 Å². The Bertz CT molecular complexity index is 1230. The largest absolute Gasteiger partial charge is 0.378 e. The van der Waals surface area contributed by atoms with Crippen molar-refractivity contribution in [2.45, 2.75) is 6.92 Å². The molecular formula is C30H49IN4O11S. The van der Waals surface area contributed by atoms with Gasteiger partial charge in [0.15, 0.2) is 0 Å². The van der Waals surface area contributed by atoms with Crippen LogP contribution < -0.4 is 5.32 Å². The van der Waals surface area contributed by atoms with Gasteiger partial charge >= 0.3 is 0 Å². The maximum atomic E-state index is 12.5. The number of rotatable bonds is 30. The van der Waals surface area contributed by atoms with Crippen molar-refractivity contribution in [3.8, 4) is 0 Å². The fourth-order valence-corrected chi connectivity index (χ4v) is 4.64. The number of benzene rings is 1. The molecule has 0 bridgehead atoms. The fraction of sp³-hybridized carbons (Fsp3) is 0.700. The molecule has 1 amide bonds. The topological polar surface area (TPSA) is 166 Å². The van der Waals surface area contributed by atoms with E-state index in [2.05, 4.69) is 53.9 Å². The van der Waals surface area contributed by atoms with Gasteiger partial charge in [-0.05, 0) is 47.3 Å². The van der Waals surface area contributed by atoms with Crippen LogP contribution in [0.25, 0.3) is 11.0 Å². The molecule has 0 aliphatic rings. The number of aromatic nitrogens is 2. The fourth-order valence-electron chi connectivity index (χ4n) is 3.80. The number of hydrogen-bond donors (Lipinski definition) is 1. The number of hydrogen-bond acceptors (Lipinski definition) is 14. The van der Waals surface area contributed by atoms with Gasteiger partial charge in [0.25, 0.3) is 16.0 Å². The molecular weight excluding hydrogens is 751 g/mol. The maximum Gasteiger partial charge on any atom is 0.271 e. The summed E-state index contributed by atoms with van der Waals surface area (Å²) >= 11 is 2.22. The monoisotopic (exact) mass is 800 g/mol. The summed E-state index contributed by atoms with van der Waals surface area (Å²) in [5.41, 5.74) is 1.78. The number of ether oxygens (including phenoxy) is 7. The number of likely N-dealkylation sites (N-methyl/N-ethyl adjacent to an activating group) is 1. The van der Waals surface area contributed by atoms with Crippen molar-refractivity contribution in [2.24, 2.45) is 0 Å². The summed E-state index contributed by atoms with van der Waals surface area (Å²) in [4.78, 5) is 23.5. The molecule has 0 saturated heterocycles. The van der Waals surface area contributed by atoms with Crippen LogP contribution in [-0.4, -0.2) is 161 Å². The SMILES string of the molecule is CCN(CCNC(=O)c1cnc2cc(I)ccc2n1)CCOCCOCCOCCOCCOCCOCCOCCOS(C)(=O)=O. The molecule has 15 nitrogen and oxygen atoms in total. The quantitative estimate of drug-likeness (QED) is 0.0685. The first kappa shape index (κ1) is 41.5. The van der Waals surface area contributed by atoms with Crippen LogP contribution in [-0.2, 0) is 47.5 Å². The van der Waals surface area contributed by atoms with Crippen molar-refractivity contribution < 1.29 is 50.6 Å². The zero-order valence-corrected chi connectivity index (χ0v) is 30.3. The average Bonchev–Trinajstić information content (AvgIpc) is 3.05. The summed E-state index contributed by atoms with van der Waals surface area (Å²) in [5.74, 6) is -0.234. The molecule has 0 radical (unpaired) electrons. The predicted molar refractivity (Wildman–Crippen MR) is 183 cm³/mol. The highest BCUT2D eigenvalue weighted by molar-refractivity contribution is 14.1. The molecule has 1 aromatic heterocycles. The number of carbonyl (C=O) groups excluding carboxylic acids is 1. The van der Waals surface area contributed by atoms with E-state index in [4.69, 9.17) is 33.2 Å². The molecule has 1 heterocycles. The maximum absolute atomic E-state index is 12.5. The smallest absolute Gasteiger partial charge is 0.271 e. The Hall–Kier alpha value is -1.65. The molecule has 1 aromatic carbocycles. The highest BCUT2D eigenvalue weighted by Gasteiger charge is 2.10. The lowest BCUT2D eigenvalue weighted by Crippen LogP contribution is -2.37. The molecule has 47 heavy (non-hydrogen) atoms. The highest BCUT2D eigenvalue weighted by Crippen LogP contribution is 2.13. The summed E-state index contributed by atoms with van der Waals surface area (Å²) in [6.45, 7) is 11.1. The van der Waals surface area contributed by atoms with Crippen LogP contribution in [0, 0.1) is 3.57 Å². The van der Waals surface area contributed by atoms with Crippen molar-refractivity contribution in [1.82, 2.24) is 20.2 Å². The second kappa shape index (κ2) is 26.2. The van der Waals surface area contributed by atoms with Crippen LogP contribution in [0.2, 0.25) is 0 Å². The number of nitrogens with zero attached hydrogens (tertiary/aromatic N) is 3. The minimum atomic E-state index is -3.43. The molecule has 0 aliphatic carbocycles. The third-order valence-electron chi connectivity index (χ3n) is 6.21. The third-order valence-corrected chi connectivity index (χ3v) is 7.47. The molecule has 2 rings (SSSR count). The molecule has 0 unspecified atom stereocenters. The summed E-state index contributed by atoms with van der Waals surface area (Å²) in [6.07, 6.45) is 2.51. The Morgan fingerprint density at radius 1 is 0.745 bits per heavy atom. The third kappa shape index (κ3) is 21.8. The first-order valence-electron chi connectivity index (χ1n) is 15.6. The van der Waals surface area contributed by atoms with Gasteiger partial charge < -0.3 is 38.5 Å². The van der Waals surface area contributed by atoms with Gasteiger partial charge in [-0.3, -0.25) is 18.9 Å². The van der Waals surface area contributed by atoms with Crippen LogP contribution in [0.1, 0.15) is 17.4 Å². The number of fused-ring (bicyclic) bond motifs is 1. The molecule has 268 valence electrons. The van der Waals surface area contributed by atoms with E-state index in [0.29, 0.717) is 110 Å². The predicted octanol–water partition coefficient (Wildman–Crippen LogP) is 1.38. The van der Waals surface area contributed by atoms with Crippen molar-refractivity contribution in [1.29, 1.82) is 0 Å². The van der Waals surface area contributed by atoms with Crippen LogP contribution in [0.3, 0.4) is 0 Å². The van der Waals surface area contributed by atoms with Crippen molar-refractivity contribution in [3.63, 3.8) is 0 Å². The van der Waals surface area contributed by atoms with Crippen molar-refractivity contribution >= 4 is 49.6 Å². The zero-order chi connectivity index (χ0) is 34.0. The standard InChI is InChI=1S/C30H49IN4O11S/c1-3-35(7-6-32-30(36)29-25-33-28-24-26(31)4-5-27(28)34-29)8-9-39-10-11-40-12-13-41-14-15-42-16-17-43-18-19-44-20-21-45-22-23-46-47(2,37)38/h4-5,24-25H,3,6-23H2,1-2H3,(H,32,36). The van der Waals surface area contributed by atoms with Crippen LogP contribution in [0.15, 0.2) is 24.4 Å². The lowest BCUT2D eigenvalue weighted by molar-refractivity contribution is -0.0216. The molecule has 1 N–H and O–H groups in total. The van der Waals surface area contributed by atoms with E-state index in [0.717, 1.165) is 28.4 Å². The summed E-state index contributed by atoms with van der Waals surface area (Å²) < 4.78 is 65.3. The Kier molecular flexibility index (Phi) is 23.2. The second-order valence-electron chi connectivity index (χ2n) is 9.89. The summed E-state index contributed by atoms with van der Waals surface area (Å²) in [6, 6.07) is 5.74. The van der Waals surface area contributed by atoms with Crippen molar-refractivity contribution in [3.05, 3.63) is 33.7 Å². The number of halogens is 1. The van der Waals surface area contributed by atoms with Gasteiger partial charge in [0.1, 0.15) is 5.69 Å². The molecule has 0 aliphatic heterocycles. The van der Waals surface area contributed by atoms with E-state index in [1.807, 2.05) is 18.2 Å². The van der Waals surface area contributed by atoms with E-state index >= 15 is 0 Å². The zero-order valence-electron chi connectivity index (χ0n) is 27.4. The molecule has 0 fully saturated rings. The lowest BCUT2D eigenvalue weighted by atomic mass is 10.3. The molecule has 0 saturated carbocycles. The second-order valence-corrected chi connectivity index (χ2v) is 12.8. The van der Waals surface area contributed by atoms with Gasteiger partial charge in [-0.25, -0.2) is 4.98 Å². The molecule has 2 aromatic rings.